The minimum absolute atomic E-state index is 0.111. The Morgan fingerprint density at radius 1 is 1.31 bits per heavy atom. The number of carbonyl (C=O) groups is 1. The molecule has 1 unspecified atom stereocenters. The Balaban J connectivity index is 1.54. The van der Waals surface area contributed by atoms with Crippen LogP contribution in [0.3, 0.4) is 0 Å². The molecule has 0 saturated carbocycles. The average molecular weight is 355 g/mol. The van der Waals surface area contributed by atoms with Crippen LogP contribution < -0.4 is 15.6 Å². The van der Waals surface area contributed by atoms with Gasteiger partial charge in [0.2, 0.25) is 0 Å². The van der Waals surface area contributed by atoms with Crippen LogP contribution in [0.25, 0.3) is 0 Å². The molecule has 6 nitrogen and oxygen atoms in total. The third kappa shape index (κ3) is 4.12. The van der Waals surface area contributed by atoms with E-state index in [9.17, 15) is 9.59 Å². The van der Waals surface area contributed by atoms with E-state index in [2.05, 4.69) is 10.4 Å². The first-order valence-corrected chi connectivity index (χ1v) is 9.05. The van der Waals surface area contributed by atoms with Gasteiger partial charge >= 0.3 is 0 Å². The number of nitrogens with one attached hydrogen (secondary N) is 1. The molecule has 138 valence electrons. The van der Waals surface area contributed by atoms with E-state index in [0.29, 0.717) is 18.8 Å². The Bertz CT molecular complexity index is 873. The summed E-state index contributed by atoms with van der Waals surface area (Å²) in [6, 6.07) is 7.58. The van der Waals surface area contributed by atoms with Crippen molar-refractivity contribution >= 4 is 5.91 Å². The Morgan fingerprint density at radius 3 is 2.92 bits per heavy atom. The lowest BCUT2D eigenvalue weighted by Gasteiger charge is -2.17. The molecule has 0 saturated heterocycles. The lowest BCUT2D eigenvalue weighted by molar-refractivity contribution is -0.127. The molecule has 26 heavy (non-hydrogen) atoms. The number of ether oxygens (including phenoxy) is 1. The number of carbonyl (C=O) groups excluding carboxylic acids is 1. The van der Waals surface area contributed by atoms with E-state index in [1.807, 2.05) is 32.0 Å². The molecule has 3 rings (SSSR count). The van der Waals surface area contributed by atoms with Gasteiger partial charge in [0.25, 0.3) is 11.5 Å². The van der Waals surface area contributed by atoms with Crippen molar-refractivity contribution in [2.75, 3.05) is 6.54 Å². The van der Waals surface area contributed by atoms with Gasteiger partial charge in [-0.15, -0.1) is 0 Å². The van der Waals surface area contributed by atoms with E-state index in [-0.39, 0.29) is 11.5 Å². The van der Waals surface area contributed by atoms with Gasteiger partial charge in [-0.1, -0.05) is 12.1 Å². The van der Waals surface area contributed by atoms with Crippen LogP contribution in [0.4, 0.5) is 0 Å². The van der Waals surface area contributed by atoms with Gasteiger partial charge in [0.1, 0.15) is 5.75 Å². The van der Waals surface area contributed by atoms with E-state index < -0.39 is 6.10 Å². The van der Waals surface area contributed by atoms with E-state index in [1.165, 1.54) is 4.68 Å². The summed E-state index contributed by atoms with van der Waals surface area (Å²) >= 11 is 0. The van der Waals surface area contributed by atoms with Gasteiger partial charge in [0.05, 0.1) is 12.2 Å². The number of hydrogen-bond donors (Lipinski definition) is 1. The maximum Gasteiger partial charge on any atom is 0.267 e. The van der Waals surface area contributed by atoms with Crippen LogP contribution in [0.15, 0.2) is 29.1 Å². The number of nitrogens with zero attached hydrogens (tertiary/aromatic N) is 2. The number of amides is 1. The van der Waals surface area contributed by atoms with Gasteiger partial charge in [0.15, 0.2) is 6.10 Å². The van der Waals surface area contributed by atoms with E-state index in [4.69, 9.17) is 4.74 Å². The fourth-order valence-electron chi connectivity index (χ4n) is 3.11. The topological polar surface area (TPSA) is 73.2 Å². The molecular weight excluding hydrogens is 330 g/mol. The highest BCUT2D eigenvalue weighted by Crippen LogP contribution is 2.20. The van der Waals surface area contributed by atoms with Crippen LogP contribution >= 0.6 is 0 Å². The summed E-state index contributed by atoms with van der Waals surface area (Å²) in [7, 11) is 0. The maximum atomic E-state index is 12.3. The Kier molecular flexibility index (Phi) is 5.40. The molecule has 1 amide bonds. The van der Waals surface area contributed by atoms with Crippen molar-refractivity contribution in [2.24, 2.45) is 0 Å². The summed E-state index contributed by atoms with van der Waals surface area (Å²) in [6.45, 7) is 6.35. The summed E-state index contributed by atoms with van der Waals surface area (Å²) in [5.41, 5.74) is 4.03. The molecule has 0 spiro atoms. The van der Waals surface area contributed by atoms with Gasteiger partial charge in [-0.2, -0.15) is 5.10 Å². The maximum absolute atomic E-state index is 12.3. The molecule has 0 bridgehead atoms. The highest BCUT2D eigenvalue weighted by atomic mass is 16.5. The summed E-state index contributed by atoms with van der Waals surface area (Å²) < 4.78 is 7.21. The molecule has 6 heteroatoms. The second-order valence-corrected chi connectivity index (χ2v) is 6.85. The summed E-state index contributed by atoms with van der Waals surface area (Å²) in [5.74, 6) is 0.504. The van der Waals surface area contributed by atoms with Crippen LogP contribution in [0, 0.1) is 13.8 Å². The largest absolute Gasteiger partial charge is 0.481 e. The molecule has 2 aromatic rings. The smallest absolute Gasteiger partial charge is 0.267 e. The van der Waals surface area contributed by atoms with Crippen molar-refractivity contribution in [2.45, 2.75) is 52.7 Å². The van der Waals surface area contributed by atoms with E-state index >= 15 is 0 Å². The predicted molar refractivity (Wildman–Crippen MR) is 99.5 cm³/mol. The first-order valence-electron chi connectivity index (χ1n) is 9.05. The van der Waals surface area contributed by atoms with Crippen molar-refractivity contribution in [3.05, 3.63) is 57.0 Å². The second-order valence-electron chi connectivity index (χ2n) is 6.85. The monoisotopic (exact) mass is 355 g/mol. The van der Waals surface area contributed by atoms with Gasteiger partial charge in [-0.3, -0.25) is 9.59 Å². The minimum Gasteiger partial charge on any atom is -0.481 e. The van der Waals surface area contributed by atoms with Crippen molar-refractivity contribution in [1.29, 1.82) is 0 Å². The van der Waals surface area contributed by atoms with E-state index in [1.54, 1.807) is 13.0 Å². The Morgan fingerprint density at radius 2 is 2.12 bits per heavy atom. The van der Waals surface area contributed by atoms with Crippen molar-refractivity contribution in [3.63, 3.8) is 0 Å². The molecule has 0 radical (unpaired) electrons. The first-order chi connectivity index (χ1) is 12.4. The number of rotatable bonds is 6. The third-order valence-electron chi connectivity index (χ3n) is 4.66. The van der Waals surface area contributed by atoms with Gasteiger partial charge in [0, 0.05) is 12.6 Å². The minimum atomic E-state index is -0.611. The zero-order valence-corrected chi connectivity index (χ0v) is 15.5. The summed E-state index contributed by atoms with van der Waals surface area (Å²) in [5, 5.41) is 7.22. The first kappa shape index (κ1) is 18.2. The lowest BCUT2D eigenvalue weighted by Crippen LogP contribution is -2.39. The molecular formula is C20H25N3O3. The normalized spacial score (nSPS) is 14.0. The average Bonchev–Trinajstić information content (AvgIpc) is 3.05. The zero-order valence-electron chi connectivity index (χ0n) is 15.5. The van der Waals surface area contributed by atoms with Crippen LogP contribution in [-0.4, -0.2) is 28.3 Å². The standard InChI is InChI=1S/C20H25N3O3/c1-13-7-8-14(2)18(11-13)26-15(3)20(25)21-9-10-23-19(24)12-16-5-4-6-17(16)22-23/h7-8,11-12,15H,4-6,9-10H2,1-3H3,(H,21,25). The van der Waals surface area contributed by atoms with E-state index in [0.717, 1.165) is 41.6 Å². The zero-order chi connectivity index (χ0) is 18.7. The molecule has 1 aliphatic carbocycles. The van der Waals surface area contributed by atoms with Gasteiger partial charge in [-0.05, 0) is 62.8 Å². The molecule has 1 heterocycles. The second kappa shape index (κ2) is 7.72. The Hall–Kier alpha value is -2.63. The number of aryl methyl sites for hydroxylation is 4. The fraction of sp³-hybridized carbons (Fsp3) is 0.450. The molecule has 1 aromatic carbocycles. The highest BCUT2D eigenvalue weighted by Gasteiger charge is 2.17. The van der Waals surface area contributed by atoms with Crippen LogP contribution in [-0.2, 0) is 24.2 Å². The summed E-state index contributed by atoms with van der Waals surface area (Å²) in [6.07, 6.45) is 2.29. The van der Waals surface area contributed by atoms with Crippen LogP contribution in [0.5, 0.6) is 5.75 Å². The number of benzene rings is 1. The quantitative estimate of drug-likeness (QED) is 0.859. The predicted octanol–water partition coefficient (Wildman–Crippen LogP) is 1.93. The number of fused-ring (bicyclic) bond motifs is 1. The number of aromatic nitrogens is 2. The summed E-state index contributed by atoms with van der Waals surface area (Å²) in [4.78, 5) is 24.3. The molecule has 1 atom stereocenters. The van der Waals surface area contributed by atoms with Crippen LogP contribution in [0.2, 0.25) is 0 Å². The highest BCUT2D eigenvalue weighted by molar-refractivity contribution is 5.80. The molecule has 0 fully saturated rings. The van der Waals surface area contributed by atoms with Crippen LogP contribution in [0.1, 0.15) is 35.7 Å². The third-order valence-corrected chi connectivity index (χ3v) is 4.66. The fourth-order valence-corrected chi connectivity index (χ4v) is 3.11. The lowest BCUT2D eigenvalue weighted by atomic mass is 10.1. The van der Waals surface area contributed by atoms with Gasteiger partial charge in [-0.25, -0.2) is 4.68 Å². The number of hydrogen-bond acceptors (Lipinski definition) is 4. The SMILES string of the molecule is Cc1ccc(C)c(OC(C)C(=O)NCCn2nc3c(cc2=O)CCC3)c1. The van der Waals surface area contributed by atoms with Crippen molar-refractivity contribution in [1.82, 2.24) is 15.1 Å². The molecule has 0 aliphatic heterocycles. The Labute approximate surface area is 153 Å². The van der Waals surface area contributed by atoms with Crippen molar-refractivity contribution < 1.29 is 9.53 Å². The van der Waals surface area contributed by atoms with Gasteiger partial charge < -0.3 is 10.1 Å². The molecule has 1 aliphatic rings. The molecule has 1 aromatic heterocycles. The molecule has 1 N–H and O–H groups in total. The van der Waals surface area contributed by atoms with Crippen molar-refractivity contribution in [3.8, 4) is 5.75 Å².